The molecule has 0 amide bonds. The predicted molar refractivity (Wildman–Crippen MR) is 84.7 cm³/mol. The predicted octanol–water partition coefficient (Wildman–Crippen LogP) is 3.80. The normalized spacial score (nSPS) is 20.0. The Morgan fingerprint density at radius 2 is 2.35 bits per heavy atom. The highest BCUT2D eigenvalue weighted by molar-refractivity contribution is 5.91. The molecule has 5 heteroatoms. The van der Waals surface area contributed by atoms with E-state index in [1.807, 2.05) is 0 Å². The first kappa shape index (κ1) is 15.3. The Hall–Kier alpha value is -2.61. The molecule has 2 aromatic rings. The van der Waals surface area contributed by atoms with Crippen LogP contribution in [0.4, 0.5) is 4.39 Å². The van der Waals surface area contributed by atoms with Gasteiger partial charge < -0.3 is 10.1 Å². The molecule has 0 spiro atoms. The van der Waals surface area contributed by atoms with E-state index in [1.165, 1.54) is 12.1 Å². The van der Waals surface area contributed by atoms with E-state index in [-0.39, 0.29) is 6.42 Å². The van der Waals surface area contributed by atoms with E-state index < -0.39 is 17.2 Å². The van der Waals surface area contributed by atoms with Crippen molar-refractivity contribution in [1.29, 1.82) is 5.26 Å². The van der Waals surface area contributed by atoms with E-state index in [1.54, 1.807) is 6.08 Å². The molecule has 1 aromatic carbocycles. The number of fused-ring (bicyclic) bond motifs is 3. The van der Waals surface area contributed by atoms with Crippen molar-refractivity contribution < 1.29 is 14.3 Å². The molecule has 3 rings (SSSR count). The molecule has 0 saturated carbocycles. The van der Waals surface area contributed by atoms with Crippen LogP contribution in [0, 0.1) is 17.1 Å². The Morgan fingerprint density at radius 1 is 1.57 bits per heavy atom. The number of hydrogen-bond donors (Lipinski definition) is 2. The molecule has 118 valence electrons. The Balaban J connectivity index is 2.33. The van der Waals surface area contributed by atoms with Crippen LogP contribution in [0.2, 0.25) is 0 Å². The number of aliphatic carboxylic acids is 1. The zero-order valence-electron chi connectivity index (χ0n) is 12.7. The average molecular weight is 312 g/mol. The average Bonchev–Trinajstić information content (AvgIpc) is 2.90. The standard InChI is InChI=1S/C18H17FN2O2/c1-2-7-18(9-14(22)23)8-3-4-12-15-11(10-20)5-6-13(19)16(15)21-17(12)18/h2,5-6,21H,1,3-4,7-9H2,(H,22,23). The molecule has 1 aliphatic carbocycles. The maximum atomic E-state index is 14.2. The summed E-state index contributed by atoms with van der Waals surface area (Å²) in [4.78, 5) is 14.5. The highest BCUT2D eigenvalue weighted by Crippen LogP contribution is 2.46. The quantitative estimate of drug-likeness (QED) is 0.843. The van der Waals surface area contributed by atoms with E-state index in [9.17, 15) is 19.6 Å². The second-order valence-electron chi connectivity index (χ2n) is 6.13. The van der Waals surface area contributed by atoms with Crippen LogP contribution in [0.5, 0.6) is 0 Å². The molecule has 1 atom stereocenters. The highest BCUT2D eigenvalue weighted by Gasteiger charge is 2.40. The summed E-state index contributed by atoms with van der Waals surface area (Å²) in [6.07, 6.45) is 4.40. The largest absolute Gasteiger partial charge is 0.481 e. The van der Waals surface area contributed by atoms with Gasteiger partial charge in [-0.05, 0) is 43.4 Å². The van der Waals surface area contributed by atoms with Gasteiger partial charge in [-0.15, -0.1) is 6.58 Å². The lowest BCUT2D eigenvalue weighted by molar-refractivity contribution is -0.138. The molecule has 1 heterocycles. The minimum atomic E-state index is -0.890. The number of hydrogen-bond acceptors (Lipinski definition) is 2. The van der Waals surface area contributed by atoms with E-state index in [2.05, 4.69) is 17.6 Å². The molecule has 4 nitrogen and oxygen atoms in total. The number of nitrogens with one attached hydrogen (secondary N) is 1. The number of carboxylic acids is 1. The molecule has 0 bridgehead atoms. The molecule has 1 aliphatic rings. The Labute approximate surface area is 133 Å². The monoisotopic (exact) mass is 312 g/mol. The fourth-order valence-corrected chi connectivity index (χ4v) is 3.88. The fourth-order valence-electron chi connectivity index (χ4n) is 3.88. The summed E-state index contributed by atoms with van der Waals surface area (Å²) < 4.78 is 14.2. The first-order chi connectivity index (χ1) is 11.0. The molecular weight excluding hydrogens is 295 g/mol. The number of nitriles is 1. The van der Waals surface area contributed by atoms with Crippen LogP contribution < -0.4 is 0 Å². The summed E-state index contributed by atoms with van der Waals surface area (Å²) in [5.74, 6) is -1.31. The molecule has 0 radical (unpaired) electrons. The first-order valence-corrected chi connectivity index (χ1v) is 7.59. The summed E-state index contributed by atoms with van der Waals surface area (Å²) in [5, 5.41) is 19.3. The lowest BCUT2D eigenvalue weighted by Crippen LogP contribution is -2.33. The van der Waals surface area contributed by atoms with Crippen molar-refractivity contribution in [2.75, 3.05) is 0 Å². The summed E-state index contributed by atoms with van der Waals surface area (Å²) in [5.41, 5.74) is 1.74. The number of aryl methyl sites for hydroxylation is 1. The number of allylic oxidation sites excluding steroid dienone is 1. The van der Waals surface area contributed by atoms with Crippen molar-refractivity contribution in [2.45, 2.75) is 37.5 Å². The third-order valence-electron chi connectivity index (χ3n) is 4.77. The molecule has 0 saturated heterocycles. The maximum absolute atomic E-state index is 14.2. The third kappa shape index (κ3) is 2.31. The van der Waals surface area contributed by atoms with E-state index in [4.69, 9.17) is 0 Å². The smallest absolute Gasteiger partial charge is 0.304 e. The van der Waals surface area contributed by atoms with Crippen LogP contribution in [0.25, 0.3) is 10.9 Å². The van der Waals surface area contributed by atoms with Crippen molar-refractivity contribution in [3.8, 4) is 6.07 Å². The zero-order chi connectivity index (χ0) is 16.6. The number of halogens is 1. The summed E-state index contributed by atoms with van der Waals surface area (Å²) in [7, 11) is 0. The number of carbonyl (C=O) groups is 1. The van der Waals surface area contributed by atoms with Crippen LogP contribution in [-0.2, 0) is 16.6 Å². The van der Waals surface area contributed by atoms with Gasteiger partial charge in [0.2, 0.25) is 0 Å². The Morgan fingerprint density at radius 3 is 3.00 bits per heavy atom. The van der Waals surface area contributed by atoms with E-state index >= 15 is 0 Å². The number of aromatic amines is 1. The number of carboxylic acid groups (broad SMARTS) is 1. The third-order valence-corrected chi connectivity index (χ3v) is 4.77. The zero-order valence-corrected chi connectivity index (χ0v) is 12.7. The number of aromatic nitrogens is 1. The molecule has 23 heavy (non-hydrogen) atoms. The van der Waals surface area contributed by atoms with Crippen molar-refractivity contribution in [3.05, 3.63) is 47.4 Å². The van der Waals surface area contributed by atoms with Crippen molar-refractivity contribution >= 4 is 16.9 Å². The lowest BCUT2D eigenvalue weighted by Gasteiger charge is -2.35. The maximum Gasteiger partial charge on any atom is 0.304 e. The van der Waals surface area contributed by atoms with Crippen molar-refractivity contribution in [1.82, 2.24) is 4.98 Å². The SMILES string of the molecule is C=CCC1(CC(=O)O)CCCc2c1[nH]c1c(F)ccc(C#N)c21. The first-order valence-electron chi connectivity index (χ1n) is 7.59. The minimum absolute atomic E-state index is 0.0393. The van der Waals surface area contributed by atoms with E-state index in [0.717, 1.165) is 17.7 Å². The highest BCUT2D eigenvalue weighted by atomic mass is 19.1. The number of rotatable bonds is 4. The number of H-pyrrole nitrogens is 1. The van der Waals surface area contributed by atoms with Gasteiger partial charge in [0.1, 0.15) is 5.82 Å². The van der Waals surface area contributed by atoms with Gasteiger partial charge in [-0.1, -0.05) is 6.08 Å². The molecule has 0 fully saturated rings. The molecule has 1 aromatic heterocycles. The van der Waals surface area contributed by atoms with Gasteiger partial charge in [-0.2, -0.15) is 5.26 Å². The lowest BCUT2D eigenvalue weighted by atomic mass is 9.69. The van der Waals surface area contributed by atoms with Crippen LogP contribution in [-0.4, -0.2) is 16.1 Å². The van der Waals surface area contributed by atoms with Gasteiger partial charge >= 0.3 is 5.97 Å². The summed E-state index contributed by atoms with van der Waals surface area (Å²) in [6, 6.07) is 4.86. The van der Waals surface area contributed by atoms with Crippen LogP contribution in [0.15, 0.2) is 24.8 Å². The fraction of sp³-hybridized carbons (Fsp3) is 0.333. The second kappa shape index (κ2) is 5.54. The molecular formula is C18H17FN2O2. The van der Waals surface area contributed by atoms with E-state index in [0.29, 0.717) is 35.7 Å². The van der Waals surface area contributed by atoms with Gasteiger partial charge in [0.25, 0.3) is 0 Å². The number of benzene rings is 1. The van der Waals surface area contributed by atoms with Crippen molar-refractivity contribution in [2.24, 2.45) is 0 Å². The minimum Gasteiger partial charge on any atom is -0.481 e. The molecule has 0 aliphatic heterocycles. The summed E-state index contributed by atoms with van der Waals surface area (Å²) >= 11 is 0. The van der Waals surface area contributed by atoms with Gasteiger partial charge in [0, 0.05) is 16.5 Å². The Bertz CT molecular complexity index is 847. The molecule has 2 N–H and O–H groups in total. The number of nitrogens with zero attached hydrogens (tertiary/aromatic N) is 1. The van der Waals surface area contributed by atoms with Gasteiger partial charge in [0.05, 0.1) is 23.6 Å². The van der Waals surface area contributed by atoms with Crippen molar-refractivity contribution in [3.63, 3.8) is 0 Å². The second-order valence-corrected chi connectivity index (χ2v) is 6.13. The Kier molecular flexibility index (Phi) is 3.69. The van der Waals surface area contributed by atoms with Crippen LogP contribution in [0.3, 0.4) is 0 Å². The van der Waals surface area contributed by atoms with Gasteiger partial charge in [0.15, 0.2) is 0 Å². The van der Waals surface area contributed by atoms with Gasteiger partial charge in [-0.3, -0.25) is 4.79 Å². The van der Waals surface area contributed by atoms with Crippen LogP contribution in [0.1, 0.15) is 42.5 Å². The topological polar surface area (TPSA) is 76.9 Å². The van der Waals surface area contributed by atoms with Crippen LogP contribution >= 0.6 is 0 Å². The molecule has 1 unspecified atom stereocenters. The summed E-state index contributed by atoms with van der Waals surface area (Å²) in [6.45, 7) is 3.75. The van der Waals surface area contributed by atoms with Gasteiger partial charge in [-0.25, -0.2) is 4.39 Å².